The van der Waals surface area contributed by atoms with Gasteiger partial charge in [0.15, 0.2) is 0 Å². The van der Waals surface area contributed by atoms with E-state index in [9.17, 15) is 0 Å². The van der Waals surface area contributed by atoms with Crippen LogP contribution in [0, 0.1) is 0 Å². The van der Waals surface area contributed by atoms with Crippen molar-refractivity contribution in [2.24, 2.45) is 0 Å². The van der Waals surface area contributed by atoms with E-state index in [4.69, 9.17) is 10.5 Å². The standard InChI is InChI=1S/C14H18N4O/c1-3-5-19-11-6-10(7-16-8-11)13-12(4-2)14(15)18-9-17-13/h6-9H,3-5H2,1-2H3,(H2,15,17,18). The van der Waals surface area contributed by atoms with Crippen molar-refractivity contribution in [3.8, 4) is 17.0 Å². The Hall–Kier alpha value is -2.17. The van der Waals surface area contributed by atoms with Gasteiger partial charge in [-0.25, -0.2) is 9.97 Å². The van der Waals surface area contributed by atoms with Crippen LogP contribution in [0.3, 0.4) is 0 Å². The highest BCUT2D eigenvalue weighted by Gasteiger charge is 2.10. The van der Waals surface area contributed by atoms with Gasteiger partial charge in [0, 0.05) is 17.3 Å². The Bertz CT molecular complexity index is 557. The Morgan fingerprint density at radius 2 is 2.05 bits per heavy atom. The molecule has 0 saturated carbocycles. The maximum absolute atomic E-state index is 5.88. The maximum Gasteiger partial charge on any atom is 0.138 e. The normalized spacial score (nSPS) is 10.4. The molecule has 19 heavy (non-hydrogen) atoms. The molecule has 0 spiro atoms. The molecule has 2 N–H and O–H groups in total. The molecule has 2 heterocycles. The van der Waals surface area contributed by atoms with Crippen LogP contribution in [0.4, 0.5) is 5.82 Å². The van der Waals surface area contributed by atoms with Gasteiger partial charge < -0.3 is 10.5 Å². The van der Waals surface area contributed by atoms with Gasteiger partial charge in [-0.3, -0.25) is 4.98 Å². The first-order chi connectivity index (χ1) is 9.26. The van der Waals surface area contributed by atoms with Gasteiger partial charge >= 0.3 is 0 Å². The van der Waals surface area contributed by atoms with Crippen LogP contribution in [0.25, 0.3) is 11.3 Å². The number of nitrogens with zero attached hydrogens (tertiary/aromatic N) is 3. The van der Waals surface area contributed by atoms with Gasteiger partial charge in [0.25, 0.3) is 0 Å². The number of hydrogen-bond donors (Lipinski definition) is 1. The van der Waals surface area contributed by atoms with Crippen molar-refractivity contribution in [2.75, 3.05) is 12.3 Å². The molecule has 0 fully saturated rings. The SMILES string of the molecule is CCCOc1cncc(-c2ncnc(N)c2CC)c1. The van der Waals surface area contributed by atoms with Crippen molar-refractivity contribution in [3.05, 3.63) is 30.4 Å². The summed E-state index contributed by atoms with van der Waals surface area (Å²) in [7, 11) is 0. The van der Waals surface area contributed by atoms with Gasteiger partial charge in [0.1, 0.15) is 17.9 Å². The quantitative estimate of drug-likeness (QED) is 0.891. The zero-order valence-corrected chi connectivity index (χ0v) is 11.3. The molecule has 0 unspecified atom stereocenters. The van der Waals surface area contributed by atoms with Crippen LogP contribution in [0.1, 0.15) is 25.8 Å². The van der Waals surface area contributed by atoms with Crippen molar-refractivity contribution in [1.29, 1.82) is 0 Å². The summed E-state index contributed by atoms with van der Waals surface area (Å²) < 4.78 is 5.58. The van der Waals surface area contributed by atoms with E-state index in [-0.39, 0.29) is 0 Å². The van der Waals surface area contributed by atoms with Gasteiger partial charge in [-0.15, -0.1) is 0 Å². The van der Waals surface area contributed by atoms with E-state index in [1.165, 1.54) is 6.33 Å². The van der Waals surface area contributed by atoms with Gasteiger partial charge in [-0.1, -0.05) is 13.8 Å². The summed E-state index contributed by atoms with van der Waals surface area (Å²) in [6.45, 7) is 4.78. The molecule has 5 heteroatoms. The summed E-state index contributed by atoms with van der Waals surface area (Å²) in [6, 6.07) is 1.93. The molecule has 0 aliphatic heterocycles. The lowest BCUT2D eigenvalue weighted by atomic mass is 10.1. The fraction of sp³-hybridized carbons (Fsp3) is 0.357. The third-order valence-electron chi connectivity index (χ3n) is 2.79. The van der Waals surface area contributed by atoms with Crippen LogP contribution in [0.2, 0.25) is 0 Å². The van der Waals surface area contributed by atoms with E-state index in [1.807, 2.05) is 13.0 Å². The molecule has 2 aromatic heterocycles. The Labute approximate surface area is 112 Å². The smallest absolute Gasteiger partial charge is 0.138 e. The zero-order chi connectivity index (χ0) is 13.7. The van der Waals surface area contributed by atoms with Gasteiger partial charge in [0.05, 0.1) is 18.5 Å². The van der Waals surface area contributed by atoms with Crippen LogP contribution in [0.5, 0.6) is 5.75 Å². The van der Waals surface area contributed by atoms with E-state index < -0.39 is 0 Å². The summed E-state index contributed by atoms with van der Waals surface area (Å²) in [5, 5.41) is 0. The minimum atomic E-state index is 0.521. The van der Waals surface area contributed by atoms with Crippen molar-refractivity contribution in [3.63, 3.8) is 0 Å². The number of anilines is 1. The third kappa shape index (κ3) is 2.99. The fourth-order valence-electron chi connectivity index (χ4n) is 1.87. The number of ether oxygens (including phenoxy) is 1. The lowest BCUT2D eigenvalue weighted by molar-refractivity contribution is 0.316. The molecule has 2 aromatic rings. The molecule has 0 amide bonds. The Kier molecular flexibility index (Phi) is 4.28. The second-order valence-corrected chi connectivity index (χ2v) is 4.20. The summed E-state index contributed by atoms with van der Waals surface area (Å²) in [4.78, 5) is 12.5. The van der Waals surface area contributed by atoms with Crippen molar-refractivity contribution in [1.82, 2.24) is 15.0 Å². The Balaban J connectivity index is 2.39. The number of aromatic nitrogens is 3. The number of nitrogen functional groups attached to an aromatic ring is 1. The lowest BCUT2D eigenvalue weighted by Crippen LogP contribution is -2.02. The summed E-state index contributed by atoms with van der Waals surface area (Å²) in [6.07, 6.45) is 6.69. The molecule has 0 bridgehead atoms. The summed E-state index contributed by atoms with van der Waals surface area (Å²) >= 11 is 0. The second-order valence-electron chi connectivity index (χ2n) is 4.20. The van der Waals surface area contributed by atoms with E-state index in [0.29, 0.717) is 12.4 Å². The van der Waals surface area contributed by atoms with Gasteiger partial charge in [0.2, 0.25) is 0 Å². The largest absolute Gasteiger partial charge is 0.492 e. The second kappa shape index (κ2) is 6.13. The average molecular weight is 258 g/mol. The molecule has 0 aliphatic rings. The van der Waals surface area contributed by atoms with Crippen LogP contribution in [-0.2, 0) is 6.42 Å². The maximum atomic E-state index is 5.88. The third-order valence-corrected chi connectivity index (χ3v) is 2.79. The van der Waals surface area contributed by atoms with E-state index in [2.05, 4.69) is 21.9 Å². The van der Waals surface area contributed by atoms with Crippen molar-refractivity contribution < 1.29 is 4.74 Å². The van der Waals surface area contributed by atoms with Crippen molar-refractivity contribution in [2.45, 2.75) is 26.7 Å². The fourth-order valence-corrected chi connectivity index (χ4v) is 1.87. The minimum Gasteiger partial charge on any atom is -0.492 e. The Morgan fingerprint density at radius 3 is 2.79 bits per heavy atom. The summed E-state index contributed by atoms with van der Waals surface area (Å²) in [5.74, 6) is 1.27. The van der Waals surface area contributed by atoms with Gasteiger partial charge in [-0.05, 0) is 18.9 Å². The zero-order valence-electron chi connectivity index (χ0n) is 11.3. The molecule has 2 rings (SSSR count). The first kappa shape index (κ1) is 13.3. The number of hydrogen-bond acceptors (Lipinski definition) is 5. The lowest BCUT2D eigenvalue weighted by Gasteiger charge is -2.10. The molecule has 0 aromatic carbocycles. The number of rotatable bonds is 5. The van der Waals surface area contributed by atoms with Crippen molar-refractivity contribution >= 4 is 5.82 Å². The molecule has 0 atom stereocenters. The number of pyridine rings is 1. The van der Waals surface area contributed by atoms with Crippen LogP contribution >= 0.6 is 0 Å². The minimum absolute atomic E-state index is 0.521. The highest BCUT2D eigenvalue weighted by Crippen LogP contribution is 2.26. The molecular weight excluding hydrogens is 240 g/mol. The molecule has 0 saturated heterocycles. The highest BCUT2D eigenvalue weighted by molar-refractivity contribution is 5.67. The van der Waals surface area contributed by atoms with E-state index >= 15 is 0 Å². The topological polar surface area (TPSA) is 73.9 Å². The molecule has 100 valence electrons. The predicted molar refractivity (Wildman–Crippen MR) is 74.8 cm³/mol. The van der Waals surface area contributed by atoms with Crippen LogP contribution < -0.4 is 10.5 Å². The first-order valence-corrected chi connectivity index (χ1v) is 6.43. The predicted octanol–water partition coefficient (Wildman–Crippen LogP) is 2.47. The van der Waals surface area contributed by atoms with E-state index in [1.54, 1.807) is 12.4 Å². The van der Waals surface area contributed by atoms with Crippen LogP contribution in [-0.4, -0.2) is 21.6 Å². The highest BCUT2D eigenvalue weighted by atomic mass is 16.5. The van der Waals surface area contributed by atoms with E-state index in [0.717, 1.165) is 35.4 Å². The van der Waals surface area contributed by atoms with Crippen LogP contribution in [0.15, 0.2) is 24.8 Å². The Morgan fingerprint density at radius 1 is 1.21 bits per heavy atom. The summed E-state index contributed by atoms with van der Waals surface area (Å²) in [5.41, 5.74) is 8.55. The number of nitrogens with two attached hydrogens (primary N) is 1. The van der Waals surface area contributed by atoms with Gasteiger partial charge in [-0.2, -0.15) is 0 Å². The molecule has 0 aliphatic carbocycles. The molecule has 0 radical (unpaired) electrons. The average Bonchev–Trinajstić information content (AvgIpc) is 2.45. The first-order valence-electron chi connectivity index (χ1n) is 6.43. The monoisotopic (exact) mass is 258 g/mol. The molecular formula is C14H18N4O. The molecule has 5 nitrogen and oxygen atoms in total.